The van der Waals surface area contributed by atoms with Gasteiger partial charge in [0.15, 0.2) is 19.5 Å². The monoisotopic (exact) mass is 461 g/mol. The van der Waals surface area contributed by atoms with Gasteiger partial charge in [0.1, 0.15) is 19.0 Å². The number of piperidine rings is 1. The Labute approximate surface area is 201 Å². The number of hydrogen-bond donors (Lipinski definition) is 0. The van der Waals surface area contributed by atoms with Gasteiger partial charge in [0.25, 0.3) is 5.56 Å². The highest BCUT2D eigenvalue weighted by atomic mass is 16.6. The van der Waals surface area contributed by atoms with Crippen molar-refractivity contribution >= 4 is 18.9 Å². The third kappa shape index (κ3) is 4.79. The van der Waals surface area contributed by atoms with Gasteiger partial charge in [-0.2, -0.15) is 0 Å². The number of methoxy groups -OCH3 is 1. The second-order valence-corrected chi connectivity index (χ2v) is 9.19. The van der Waals surface area contributed by atoms with Gasteiger partial charge in [0.05, 0.1) is 12.6 Å². The van der Waals surface area contributed by atoms with E-state index in [1.807, 2.05) is 34.9 Å². The minimum atomic E-state index is -0.00963. The molecule has 0 bridgehead atoms. The van der Waals surface area contributed by atoms with E-state index in [1.165, 1.54) is 5.56 Å². The van der Waals surface area contributed by atoms with Crippen LogP contribution in [0, 0.1) is 0 Å². The van der Waals surface area contributed by atoms with E-state index in [0.29, 0.717) is 31.5 Å². The molecule has 0 saturated carbocycles. The molecule has 1 aromatic heterocycles. The predicted octanol–water partition coefficient (Wildman–Crippen LogP) is 2.30. The molecule has 3 aromatic rings. The van der Waals surface area contributed by atoms with Crippen molar-refractivity contribution in [3.05, 3.63) is 64.4 Å². The first-order chi connectivity index (χ1) is 16.6. The Kier molecular flexibility index (Phi) is 6.78. The molecule has 2 aliphatic rings. The molecule has 0 unspecified atom stereocenters. The summed E-state index contributed by atoms with van der Waals surface area (Å²) in [4.78, 5) is 17.7. The maximum atomic E-state index is 12.7. The maximum absolute atomic E-state index is 12.7. The molecule has 7 nitrogen and oxygen atoms in total. The summed E-state index contributed by atoms with van der Waals surface area (Å²) in [6.07, 6.45) is 2.25. The van der Waals surface area contributed by atoms with E-state index < -0.39 is 0 Å². The minimum Gasteiger partial charge on any atom is -0.496 e. The molecule has 34 heavy (non-hydrogen) atoms. The van der Waals surface area contributed by atoms with Gasteiger partial charge in [-0.25, -0.2) is 0 Å². The van der Waals surface area contributed by atoms with Gasteiger partial charge < -0.3 is 28.5 Å². The van der Waals surface area contributed by atoms with Crippen LogP contribution in [0.4, 0.5) is 0 Å². The van der Waals surface area contributed by atoms with Crippen molar-refractivity contribution in [3.8, 4) is 17.2 Å². The number of hydrogen-bond acceptors (Lipinski definition) is 6. The number of ether oxygens (including phenoxy) is 3. The van der Waals surface area contributed by atoms with Crippen molar-refractivity contribution in [3.63, 3.8) is 0 Å². The second-order valence-electron chi connectivity index (χ2n) is 9.19. The first-order valence-electron chi connectivity index (χ1n) is 12.1. The largest absolute Gasteiger partial charge is 0.496 e. The fourth-order valence-corrected chi connectivity index (χ4v) is 5.13. The number of pyridine rings is 1. The third-order valence-electron chi connectivity index (χ3n) is 7.06. The molecule has 0 N–H and O–H groups in total. The zero-order chi connectivity index (χ0) is 23.5. The number of likely N-dealkylation sites (tertiary alicyclic amines) is 1. The van der Waals surface area contributed by atoms with Crippen LogP contribution >= 0.6 is 0 Å². The summed E-state index contributed by atoms with van der Waals surface area (Å²) in [6, 6.07) is 16.4. The highest BCUT2D eigenvalue weighted by Gasteiger charge is 2.23. The van der Waals surface area contributed by atoms with Crippen molar-refractivity contribution in [1.82, 2.24) is 14.3 Å². The second kappa shape index (κ2) is 10.1. The van der Waals surface area contributed by atoms with Crippen molar-refractivity contribution < 1.29 is 14.2 Å². The Morgan fingerprint density at radius 1 is 1.03 bits per heavy atom. The Morgan fingerprint density at radius 3 is 2.59 bits per heavy atom. The van der Waals surface area contributed by atoms with Crippen LogP contribution in [0.3, 0.4) is 0 Å². The maximum Gasteiger partial charge on any atom is 0.254 e. The normalized spacial score (nSPS) is 16.8. The van der Waals surface area contributed by atoms with Crippen molar-refractivity contribution in [2.75, 3.05) is 40.0 Å². The molecular formula is C26H32BN3O4. The molecule has 2 aromatic carbocycles. The van der Waals surface area contributed by atoms with Crippen LogP contribution in [0.25, 0.3) is 10.9 Å². The van der Waals surface area contributed by atoms with Crippen molar-refractivity contribution in [2.45, 2.75) is 32.0 Å². The molecular weight excluding hydrogens is 429 g/mol. The SMILES string of the molecule is BN(Cc1ccc2c(c1)OCCO2)C1CCN(CCn2c(=O)cc(OC)c3ccccc32)CC1. The van der Waals surface area contributed by atoms with E-state index >= 15 is 0 Å². The first kappa shape index (κ1) is 22.8. The molecule has 1 saturated heterocycles. The lowest BCUT2D eigenvalue weighted by molar-refractivity contribution is 0.153. The van der Waals surface area contributed by atoms with Gasteiger partial charge in [-0.1, -0.05) is 18.2 Å². The molecule has 178 valence electrons. The predicted molar refractivity (Wildman–Crippen MR) is 136 cm³/mol. The fourth-order valence-electron chi connectivity index (χ4n) is 5.13. The van der Waals surface area contributed by atoms with Gasteiger partial charge in [-0.05, 0) is 55.8 Å². The fraction of sp³-hybridized carbons (Fsp3) is 0.423. The van der Waals surface area contributed by atoms with Gasteiger partial charge in [-0.15, -0.1) is 0 Å². The lowest BCUT2D eigenvalue weighted by atomic mass is 9.99. The molecule has 0 atom stereocenters. The average molecular weight is 461 g/mol. The summed E-state index contributed by atoms with van der Waals surface area (Å²) >= 11 is 0. The Bertz CT molecular complexity index is 1210. The smallest absolute Gasteiger partial charge is 0.254 e. The highest BCUT2D eigenvalue weighted by Crippen LogP contribution is 2.31. The summed E-state index contributed by atoms with van der Waals surface area (Å²) < 4.78 is 18.7. The first-order valence-corrected chi connectivity index (χ1v) is 12.1. The van der Waals surface area contributed by atoms with Crippen LogP contribution in [0.5, 0.6) is 17.2 Å². The number of aromatic nitrogens is 1. The topological polar surface area (TPSA) is 56.2 Å². The Hall–Kier alpha value is -2.97. The van der Waals surface area contributed by atoms with E-state index in [9.17, 15) is 4.79 Å². The van der Waals surface area contributed by atoms with E-state index in [0.717, 1.165) is 61.4 Å². The van der Waals surface area contributed by atoms with Crippen LogP contribution < -0.4 is 19.8 Å². The van der Waals surface area contributed by atoms with E-state index in [4.69, 9.17) is 14.2 Å². The van der Waals surface area contributed by atoms with Crippen LogP contribution in [0.15, 0.2) is 53.3 Å². The zero-order valence-electron chi connectivity index (χ0n) is 20.0. The molecule has 8 heteroatoms. The van der Waals surface area contributed by atoms with Crippen LogP contribution in [0.2, 0.25) is 0 Å². The van der Waals surface area contributed by atoms with Gasteiger partial charge in [0.2, 0.25) is 0 Å². The minimum absolute atomic E-state index is 0.00963. The number of para-hydroxylation sites is 1. The molecule has 0 amide bonds. The van der Waals surface area contributed by atoms with Crippen LogP contribution in [-0.2, 0) is 13.1 Å². The molecule has 0 spiro atoms. The number of benzene rings is 2. The summed E-state index contributed by atoms with van der Waals surface area (Å²) in [6.45, 7) is 5.76. The summed E-state index contributed by atoms with van der Waals surface area (Å²) in [5, 5.41) is 0.976. The summed E-state index contributed by atoms with van der Waals surface area (Å²) in [5.74, 6) is 2.33. The average Bonchev–Trinajstić information content (AvgIpc) is 2.88. The quantitative estimate of drug-likeness (QED) is 0.504. The highest BCUT2D eigenvalue weighted by molar-refractivity contribution is 6.04. The number of fused-ring (bicyclic) bond motifs is 2. The number of rotatable bonds is 7. The molecule has 3 heterocycles. The lowest BCUT2D eigenvalue weighted by Gasteiger charge is -2.37. The van der Waals surface area contributed by atoms with Gasteiger partial charge in [-0.3, -0.25) is 4.79 Å². The van der Waals surface area contributed by atoms with Crippen molar-refractivity contribution in [1.29, 1.82) is 0 Å². The third-order valence-corrected chi connectivity index (χ3v) is 7.06. The number of nitrogens with zero attached hydrogens (tertiary/aromatic N) is 3. The Balaban J connectivity index is 1.16. The molecule has 1 fully saturated rings. The molecule has 0 aliphatic carbocycles. The van der Waals surface area contributed by atoms with Crippen LogP contribution in [0.1, 0.15) is 18.4 Å². The zero-order valence-corrected chi connectivity index (χ0v) is 20.0. The van der Waals surface area contributed by atoms with E-state index in [-0.39, 0.29) is 5.56 Å². The Morgan fingerprint density at radius 2 is 1.79 bits per heavy atom. The van der Waals surface area contributed by atoms with E-state index in [2.05, 4.69) is 29.8 Å². The van der Waals surface area contributed by atoms with Gasteiger partial charge >= 0.3 is 0 Å². The molecule has 2 aliphatic heterocycles. The van der Waals surface area contributed by atoms with E-state index in [1.54, 1.807) is 13.2 Å². The lowest BCUT2D eigenvalue weighted by Crippen LogP contribution is -2.44. The van der Waals surface area contributed by atoms with Crippen molar-refractivity contribution in [2.24, 2.45) is 0 Å². The molecule has 5 rings (SSSR count). The van der Waals surface area contributed by atoms with Gasteiger partial charge in [0, 0.05) is 37.1 Å². The van der Waals surface area contributed by atoms with Crippen LogP contribution in [-0.4, -0.2) is 68.3 Å². The summed E-state index contributed by atoms with van der Waals surface area (Å²) in [7, 11) is 3.82. The molecule has 0 radical (unpaired) electrons. The summed E-state index contributed by atoms with van der Waals surface area (Å²) in [5.41, 5.74) is 2.17. The standard InChI is InChI=1S/C26H32BN3O4/c1-32-24-17-26(31)29(22-5-3-2-4-21(22)24)13-12-28-10-8-20(9-11-28)30(27)18-19-6-7-23-25(16-19)34-15-14-33-23/h2-7,16-17,20H,8-15,18,27H2,1H3.